The second-order valence-corrected chi connectivity index (χ2v) is 2.81. The van der Waals surface area contributed by atoms with Crippen LogP contribution in [-0.2, 0) is 0 Å². The summed E-state index contributed by atoms with van der Waals surface area (Å²) in [6.07, 6.45) is 0. The first-order valence-electron chi connectivity index (χ1n) is 4.29. The van der Waals surface area contributed by atoms with E-state index in [4.69, 9.17) is 0 Å². The van der Waals surface area contributed by atoms with Gasteiger partial charge in [0.1, 0.15) is 0 Å². The number of hydrogen-bond donors (Lipinski definition) is 1. The molecule has 0 aliphatic carbocycles. The molecule has 3 nitrogen and oxygen atoms in total. The number of nitrogens with zero attached hydrogens (tertiary/aromatic N) is 1. The predicted octanol–water partition coefficient (Wildman–Crippen LogP) is 1.61. The van der Waals surface area contributed by atoms with Gasteiger partial charge >= 0.3 is 6.03 Å². The zero-order chi connectivity index (χ0) is 9.56. The Bertz CT molecular complexity index is 166. The van der Waals surface area contributed by atoms with E-state index in [0.717, 1.165) is 12.1 Å². The van der Waals surface area contributed by atoms with Gasteiger partial charge in [-0.15, -0.1) is 0 Å². The first-order valence-corrected chi connectivity index (χ1v) is 4.29. The maximum absolute atomic E-state index is 11.3. The molecule has 0 aromatic carbocycles. The third-order valence-corrected chi connectivity index (χ3v) is 1.46. The number of nitrogens with one attached hydrogen (secondary N) is 1. The molecule has 0 unspecified atom stereocenters. The zero-order valence-electron chi connectivity index (χ0n) is 8.18. The van der Waals surface area contributed by atoms with E-state index in [2.05, 4.69) is 11.9 Å². The van der Waals surface area contributed by atoms with Crippen LogP contribution in [0.25, 0.3) is 0 Å². The molecule has 2 amide bonds. The Morgan fingerprint density at radius 3 is 2.42 bits per heavy atom. The molecule has 0 saturated heterocycles. The minimum Gasteiger partial charge on any atom is -0.338 e. The minimum atomic E-state index is -0.0111. The van der Waals surface area contributed by atoms with Gasteiger partial charge < -0.3 is 10.2 Å². The van der Waals surface area contributed by atoms with Gasteiger partial charge in [0, 0.05) is 19.6 Å². The molecule has 0 aromatic heterocycles. The number of carbonyl (C=O) groups is 1. The SMILES string of the molecule is C=C(C)CN(CC)C(=O)NCC. The van der Waals surface area contributed by atoms with Gasteiger partial charge in [-0.3, -0.25) is 0 Å². The fraction of sp³-hybridized carbons (Fsp3) is 0.667. The Hall–Kier alpha value is -0.990. The Kier molecular flexibility index (Phi) is 5.17. The van der Waals surface area contributed by atoms with E-state index >= 15 is 0 Å². The molecular formula is C9H18N2O. The van der Waals surface area contributed by atoms with Crippen molar-refractivity contribution in [2.45, 2.75) is 20.8 Å². The van der Waals surface area contributed by atoms with Crippen molar-refractivity contribution < 1.29 is 4.79 Å². The number of urea groups is 1. The monoisotopic (exact) mass is 170 g/mol. The van der Waals surface area contributed by atoms with Crippen LogP contribution in [0.4, 0.5) is 4.79 Å². The van der Waals surface area contributed by atoms with Crippen molar-refractivity contribution in [3.63, 3.8) is 0 Å². The molecular weight excluding hydrogens is 152 g/mol. The van der Waals surface area contributed by atoms with Gasteiger partial charge in [-0.1, -0.05) is 12.2 Å². The number of hydrogen-bond acceptors (Lipinski definition) is 1. The molecule has 0 aliphatic rings. The maximum Gasteiger partial charge on any atom is 0.317 e. The lowest BCUT2D eigenvalue weighted by atomic mass is 10.3. The van der Waals surface area contributed by atoms with E-state index < -0.39 is 0 Å². The van der Waals surface area contributed by atoms with E-state index in [1.807, 2.05) is 20.8 Å². The highest BCUT2D eigenvalue weighted by atomic mass is 16.2. The molecule has 0 heterocycles. The largest absolute Gasteiger partial charge is 0.338 e. The fourth-order valence-corrected chi connectivity index (χ4v) is 0.916. The minimum absolute atomic E-state index is 0.0111. The summed E-state index contributed by atoms with van der Waals surface area (Å²) in [5.74, 6) is 0. The third kappa shape index (κ3) is 4.01. The van der Waals surface area contributed by atoms with Crippen LogP contribution in [0.3, 0.4) is 0 Å². The van der Waals surface area contributed by atoms with Crippen LogP contribution in [0.2, 0.25) is 0 Å². The smallest absolute Gasteiger partial charge is 0.317 e. The van der Waals surface area contributed by atoms with Crippen molar-refractivity contribution in [2.75, 3.05) is 19.6 Å². The van der Waals surface area contributed by atoms with Gasteiger partial charge in [0.15, 0.2) is 0 Å². The Morgan fingerprint density at radius 1 is 1.50 bits per heavy atom. The Balaban J connectivity index is 3.96. The van der Waals surface area contributed by atoms with Crippen LogP contribution in [0.1, 0.15) is 20.8 Å². The van der Waals surface area contributed by atoms with Crippen LogP contribution >= 0.6 is 0 Å². The molecule has 0 rings (SSSR count). The summed E-state index contributed by atoms with van der Waals surface area (Å²) in [4.78, 5) is 13.0. The lowest BCUT2D eigenvalue weighted by Gasteiger charge is -2.20. The molecule has 0 aliphatic heterocycles. The summed E-state index contributed by atoms with van der Waals surface area (Å²) in [5.41, 5.74) is 1.00. The van der Waals surface area contributed by atoms with Crippen molar-refractivity contribution in [1.29, 1.82) is 0 Å². The number of rotatable bonds is 4. The molecule has 0 atom stereocenters. The van der Waals surface area contributed by atoms with Crippen molar-refractivity contribution >= 4 is 6.03 Å². The first-order chi connectivity index (χ1) is 5.61. The fourth-order valence-electron chi connectivity index (χ4n) is 0.916. The summed E-state index contributed by atoms with van der Waals surface area (Å²) in [6.45, 7) is 11.6. The van der Waals surface area contributed by atoms with Gasteiger partial charge in [-0.2, -0.15) is 0 Å². The summed E-state index contributed by atoms with van der Waals surface area (Å²) in [5, 5.41) is 2.75. The number of likely N-dealkylation sites (N-methyl/N-ethyl adjacent to an activating group) is 1. The van der Waals surface area contributed by atoms with Crippen molar-refractivity contribution in [3.05, 3.63) is 12.2 Å². The standard InChI is InChI=1S/C9H18N2O/c1-5-10-9(12)11(6-2)7-8(3)4/h3,5-7H2,1-2,4H3,(H,10,12). The molecule has 0 bridgehead atoms. The first kappa shape index (κ1) is 11.0. The highest BCUT2D eigenvalue weighted by Gasteiger charge is 2.08. The van der Waals surface area contributed by atoms with E-state index in [9.17, 15) is 4.79 Å². The van der Waals surface area contributed by atoms with Crippen molar-refractivity contribution in [1.82, 2.24) is 10.2 Å². The van der Waals surface area contributed by atoms with Gasteiger partial charge in [-0.05, 0) is 20.8 Å². The molecule has 0 spiro atoms. The normalized spacial score (nSPS) is 9.25. The van der Waals surface area contributed by atoms with Crippen molar-refractivity contribution in [3.8, 4) is 0 Å². The van der Waals surface area contributed by atoms with Crippen LogP contribution in [-0.4, -0.2) is 30.6 Å². The highest BCUT2D eigenvalue weighted by Crippen LogP contribution is 1.95. The molecule has 12 heavy (non-hydrogen) atoms. The molecule has 1 N–H and O–H groups in total. The lowest BCUT2D eigenvalue weighted by molar-refractivity contribution is 0.205. The topological polar surface area (TPSA) is 32.3 Å². The zero-order valence-corrected chi connectivity index (χ0v) is 8.18. The predicted molar refractivity (Wildman–Crippen MR) is 51.1 cm³/mol. The molecule has 3 heteroatoms. The summed E-state index contributed by atoms with van der Waals surface area (Å²) >= 11 is 0. The van der Waals surface area contributed by atoms with Crippen molar-refractivity contribution in [2.24, 2.45) is 0 Å². The Labute approximate surface area is 74.4 Å². The average molecular weight is 170 g/mol. The Morgan fingerprint density at radius 2 is 2.08 bits per heavy atom. The summed E-state index contributed by atoms with van der Waals surface area (Å²) in [7, 11) is 0. The van der Waals surface area contributed by atoms with E-state index in [-0.39, 0.29) is 6.03 Å². The van der Waals surface area contributed by atoms with Crippen LogP contribution in [0.5, 0.6) is 0 Å². The van der Waals surface area contributed by atoms with Crippen LogP contribution in [0, 0.1) is 0 Å². The summed E-state index contributed by atoms with van der Waals surface area (Å²) < 4.78 is 0. The lowest BCUT2D eigenvalue weighted by Crippen LogP contribution is -2.40. The molecule has 0 saturated carbocycles. The maximum atomic E-state index is 11.3. The third-order valence-electron chi connectivity index (χ3n) is 1.46. The van der Waals surface area contributed by atoms with Crippen LogP contribution in [0.15, 0.2) is 12.2 Å². The molecule has 0 fully saturated rings. The second-order valence-electron chi connectivity index (χ2n) is 2.81. The summed E-state index contributed by atoms with van der Waals surface area (Å²) in [6, 6.07) is -0.0111. The quantitative estimate of drug-likeness (QED) is 0.639. The van der Waals surface area contributed by atoms with Crippen LogP contribution < -0.4 is 5.32 Å². The second kappa shape index (κ2) is 5.63. The molecule has 70 valence electrons. The van der Waals surface area contributed by atoms with E-state index in [1.165, 1.54) is 0 Å². The molecule has 0 aromatic rings. The molecule has 0 radical (unpaired) electrons. The highest BCUT2D eigenvalue weighted by molar-refractivity contribution is 5.74. The number of amides is 2. The van der Waals surface area contributed by atoms with Gasteiger partial charge in [0.25, 0.3) is 0 Å². The van der Waals surface area contributed by atoms with E-state index in [0.29, 0.717) is 13.1 Å². The average Bonchev–Trinajstić information content (AvgIpc) is 2.00. The van der Waals surface area contributed by atoms with E-state index in [1.54, 1.807) is 4.90 Å². The van der Waals surface area contributed by atoms with Gasteiger partial charge in [0.2, 0.25) is 0 Å². The van der Waals surface area contributed by atoms with Gasteiger partial charge in [0.05, 0.1) is 0 Å². The number of carbonyl (C=O) groups excluding carboxylic acids is 1. The van der Waals surface area contributed by atoms with Gasteiger partial charge in [-0.25, -0.2) is 4.79 Å².